The van der Waals surface area contributed by atoms with Crippen LogP contribution in [-0.4, -0.2) is 42.1 Å². The third-order valence-corrected chi connectivity index (χ3v) is 6.49. The molecule has 4 aromatic rings. The first kappa shape index (κ1) is 21.5. The number of amides is 1. The summed E-state index contributed by atoms with van der Waals surface area (Å²) < 4.78 is 11.5. The van der Waals surface area contributed by atoms with Gasteiger partial charge in [0.05, 0.1) is 29.9 Å². The number of para-hydroxylation sites is 1. The number of fused-ring (bicyclic) bond motifs is 1. The van der Waals surface area contributed by atoms with Crippen molar-refractivity contribution in [1.29, 1.82) is 0 Å². The molecule has 7 nitrogen and oxygen atoms in total. The van der Waals surface area contributed by atoms with Gasteiger partial charge in [0, 0.05) is 36.1 Å². The van der Waals surface area contributed by atoms with Gasteiger partial charge >= 0.3 is 0 Å². The SMILES string of the molecule is Cc1c(-c2ccccc2)oc2c(C(=O)Nc3nc(CN4CCOCC4)cs3)cccc2c1=O. The van der Waals surface area contributed by atoms with E-state index in [9.17, 15) is 9.59 Å². The molecule has 1 amide bonds. The van der Waals surface area contributed by atoms with Crippen LogP contribution in [0.2, 0.25) is 0 Å². The van der Waals surface area contributed by atoms with Crippen LogP contribution >= 0.6 is 11.3 Å². The number of ether oxygens (including phenoxy) is 1. The molecular formula is C25H23N3O4S. The number of hydrogen-bond donors (Lipinski definition) is 1. The molecule has 0 spiro atoms. The van der Waals surface area contributed by atoms with Crippen molar-refractivity contribution >= 4 is 33.3 Å². The van der Waals surface area contributed by atoms with Crippen LogP contribution in [0.15, 0.2) is 63.1 Å². The lowest BCUT2D eigenvalue weighted by molar-refractivity contribution is 0.0337. The summed E-state index contributed by atoms with van der Waals surface area (Å²) in [4.78, 5) is 33.0. The molecule has 3 heterocycles. The van der Waals surface area contributed by atoms with E-state index in [1.807, 2.05) is 35.7 Å². The number of aromatic nitrogens is 1. The molecule has 0 atom stereocenters. The second-order valence-electron chi connectivity index (χ2n) is 7.92. The van der Waals surface area contributed by atoms with Crippen LogP contribution < -0.4 is 10.7 Å². The van der Waals surface area contributed by atoms with E-state index in [0.29, 0.717) is 27.4 Å². The van der Waals surface area contributed by atoms with E-state index >= 15 is 0 Å². The summed E-state index contributed by atoms with van der Waals surface area (Å²) in [6, 6.07) is 14.5. The summed E-state index contributed by atoms with van der Waals surface area (Å²) >= 11 is 1.38. The molecule has 168 valence electrons. The van der Waals surface area contributed by atoms with Crippen molar-refractivity contribution in [1.82, 2.24) is 9.88 Å². The molecule has 0 radical (unpaired) electrons. The third-order valence-electron chi connectivity index (χ3n) is 5.69. The lowest BCUT2D eigenvalue weighted by Gasteiger charge is -2.25. The zero-order chi connectivity index (χ0) is 22.8. The molecule has 1 fully saturated rings. The Balaban J connectivity index is 1.44. The summed E-state index contributed by atoms with van der Waals surface area (Å²) in [5, 5.41) is 5.71. The predicted octanol–water partition coefficient (Wildman–Crippen LogP) is 4.31. The Labute approximate surface area is 194 Å². The van der Waals surface area contributed by atoms with E-state index in [0.717, 1.165) is 44.1 Å². The molecule has 1 N–H and O–H groups in total. The highest BCUT2D eigenvalue weighted by Gasteiger charge is 2.19. The van der Waals surface area contributed by atoms with Gasteiger partial charge in [-0.05, 0) is 19.1 Å². The Morgan fingerprint density at radius 1 is 1.12 bits per heavy atom. The molecular weight excluding hydrogens is 438 g/mol. The fourth-order valence-electron chi connectivity index (χ4n) is 3.94. The van der Waals surface area contributed by atoms with Gasteiger partial charge in [-0.3, -0.25) is 19.8 Å². The zero-order valence-electron chi connectivity index (χ0n) is 18.2. The summed E-state index contributed by atoms with van der Waals surface area (Å²) in [7, 11) is 0. The van der Waals surface area contributed by atoms with Gasteiger partial charge < -0.3 is 9.15 Å². The van der Waals surface area contributed by atoms with Crippen LogP contribution in [0.4, 0.5) is 5.13 Å². The fraction of sp³-hybridized carbons (Fsp3) is 0.240. The maximum absolute atomic E-state index is 13.1. The number of carbonyl (C=O) groups excluding carboxylic acids is 1. The second-order valence-corrected chi connectivity index (χ2v) is 8.78. The van der Waals surface area contributed by atoms with Gasteiger partial charge in [0.25, 0.3) is 5.91 Å². The van der Waals surface area contributed by atoms with Gasteiger partial charge in [-0.2, -0.15) is 0 Å². The number of anilines is 1. The lowest BCUT2D eigenvalue weighted by atomic mass is 10.0. The molecule has 1 aliphatic rings. The van der Waals surface area contributed by atoms with Gasteiger partial charge in [0.1, 0.15) is 5.76 Å². The maximum Gasteiger partial charge on any atom is 0.261 e. The Morgan fingerprint density at radius 2 is 1.91 bits per heavy atom. The normalized spacial score (nSPS) is 14.5. The second kappa shape index (κ2) is 9.27. The number of thiazole rings is 1. The lowest BCUT2D eigenvalue weighted by Crippen LogP contribution is -2.35. The molecule has 8 heteroatoms. The third kappa shape index (κ3) is 4.45. The highest BCUT2D eigenvalue weighted by atomic mass is 32.1. The Hall–Kier alpha value is -3.33. The van der Waals surface area contributed by atoms with Gasteiger partial charge in [-0.25, -0.2) is 4.98 Å². The summed E-state index contributed by atoms with van der Waals surface area (Å²) in [6.07, 6.45) is 0. The number of hydrogen-bond acceptors (Lipinski definition) is 7. The molecule has 0 unspecified atom stereocenters. The first-order valence-electron chi connectivity index (χ1n) is 10.8. The largest absolute Gasteiger partial charge is 0.455 e. The van der Waals surface area contributed by atoms with Crippen LogP contribution in [0.3, 0.4) is 0 Å². The van der Waals surface area contributed by atoms with Crippen molar-refractivity contribution < 1.29 is 13.9 Å². The highest BCUT2D eigenvalue weighted by molar-refractivity contribution is 7.14. The van der Waals surface area contributed by atoms with Crippen molar-refractivity contribution in [2.24, 2.45) is 0 Å². The Morgan fingerprint density at radius 3 is 2.70 bits per heavy atom. The first-order chi connectivity index (χ1) is 16.1. The number of nitrogens with zero attached hydrogens (tertiary/aromatic N) is 2. The smallest absolute Gasteiger partial charge is 0.261 e. The van der Waals surface area contributed by atoms with E-state index in [1.165, 1.54) is 11.3 Å². The zero-order valence-corrected chi connectivity index (χ0v) is 19.0. The quantitative estimate of drug-likeness (QED) is 0.477. The number of carbonyl (C=O) groups is 1. The van der Waals surface area contributed by atoms with Crippen LogP contribution in [0.25, 0.3) is 22.3 Å². The number of morpholine rings is 1. The van der Waals surface area contributed by atoms with Crippen molar-refractivity contribution in [2.45, 2.75) is 13.5 Å². The van der Waals surface area contributed by atoms with E-state index in [2.05, 4.69) is 15.2 Å². The van der Waals surface area contributed by atoms with Crippen molar-refractivity contribution in [3.63, 3.8) is 0 Å². The minimum Gasteiger partial charge on any atom is -0.455 e. The summed E-state index contributed by atoms with van der Waals surface area (Å²) in [6.45, 7) is 5.66. The van der Waals surface area contributed by atoms with Crippen LogP contribution in [0, 0.1) is 6.92 Å². The van der Waals surface area contributed by atoms with Gasteiger partial charge in [0.15, 0.2) is 16.1 Å². The first-order valence-corrected chi connectivity index (χ1v) is 11.7. The highest BCUT2D eigenvalue weighted by Crippen LogP contribution is 2.28. The molecule has 2 aromatic heterocycles. The monoisotopic (exact) mass is 461 g/mol. The van der Waals surface area contributed by atoms with Crippen LogP contribution in [0.5, 0.6) is 0 Å². The summed E-state index contributed by atoms with van der Waals surface area (Å²) in [5.41, 5.74) is 2.63. The van der Waals surface area contributed by atoms with E-state index in [4.69, 9.17) is 9.15 Å². The average molecular weight is 462 g/mol. The topological polar surface area (TPSA) is 84.7 Å². The molecule has 1 saturated heterocycles. The molecule has 5 rings (SSSR count). The minimum absolute atomic E-state index is 0.146. The molecule has 0 aliphatic carbocycles. The molecule has 0 bridgehead atoms. The van der Waals surface area contributed by atoms with Gasteiger partial charge in [-0.1, -0.05) is 36.4 Å². The van der Waals surface area contributed by atoms with Gasteiger partial charge in [-0.15, -0.1) is 11.3 Å². The van der Waals surface area contributed by atoms with Crippen molar-refractivity contribution in [3.05, 3.63) is 81.0 Å². The minimum atomic E-state index is -0.362. The average Bonchev–Trinajstić information content (AvgIpc) is 3.28. The van der Waals surface area contributed by atoms with E-state index < -0.39 is 0 Å². The molecule has 33 heavy (non-hydrogen) atoms. The Kier molecular flexibility index (Phi) is 6.04. The maximum atomic E-state index is 13.1. The van der Waals surface area contributed by atoms with Crippen molar-refractivity contribution in [2.75, 3.05) is 31.6 Å². The van der Waals surface area contributed by atoms with Crippen molar-refractivity contribution in [3.8, 4) is 11.3 Å². The van der Waals surface area contributed by atoms with Crippen LogP contribution in [0.1, 0.15) is 21.6 Å². The predicted molar refractivity (Wildman–Crippen MR) is 129 cm³/mol. The fourth-order valence-corrected chi connectivity index (χ4v) is 4.64. The number of benzene rings is 2. The molecule has 0 saturated carbocycles. The number of rotatable bonds is 5. The number of nitrogens with one attached hydrogen (secondary N) is 1. The summed E-state index contributed by atoms with van der Waals surface area (Å²) in [5.74, 6) is 0.106. The molecule has 1 aliphatic heterocycles. The van der Waals surface area contributed by atoms with E-state index in [1.54, 1.807) is 25.1 Å². The van der Waals surface area contributed by atoms with Gasteiger partial charge in [0.2, 0.25) is 0 Å². The molecule has 2 aromatic carbocycles. The Bertz CT molecular complexity index is 1360. The van der Waals surface area contributed by atoms with Crippen LogP contribution in [-0.2, 0) is 11.3 Å². The standard InChI is InChI=1S/C25H23N3O4S/c1-16-21(29)19-8-5-9-20(23(19)32-22(16)17-6-3-2-4-7-17)24(30)27-25-26-18(15-33-25)14-28-10-12-31-13-11-28/h2-9,15H,10-14H2,1H3,(H,26,27,30). The van der Waals surface area contributed by atoms with E-state index in [-0.39, 0.29) is 16.9 Å².